The first-order chi connectivity index (χ1) is 9.42. The van der Waals surface area contributed by atoms with Crippen LogP contribution >= 0.6 is 0 Å². The summed E-state index contributed by atoms with van der Waals surface area (Å²) < 4.78 is 7.56. The average Bonchev–Trinajstić information content (AvgIpc) is 3.15. The Kier molecular flexibility index (Phi) is 4.51. The molecule has 106 valence electrons. The van der Waals surface area contributed by atoms with E-state index in [9.17, 15) is 0 Å². The van der Waals surface area contributed by atoms with Crippen LogP contribution in [0.15, 0.2) is 12.3 Å². The van der Waals surface area contributed by atoms with E-state index in [0.717, 1.165) is 32.2 Å². The van der Waals surface area contributed by atoms with Gasteiger partial charge in [0.15, 0.2) is 0 Å². The van der Waals surface area contributed by atoms with Crippen LogP contribution in [0.4, 0.5) is 0 Å². The summed E-state index contributed by atoms with van der Waals surface area (Å²) in [5.74, 6) is 0.767. The average molecular weight is 263 g/mol. The molecule has 2 aliphatic rings. The highest BCUT2D eigenvalue weighted by Crippen LogP contribution is 2.28. The van der Waals surface area contributed by atoms with Crippen LogP contribution in [0.1, 0.15) is 50.3 Å². The summed E-state index contributed by atoms with van der Waals surface area (Å²) in [5.41, 5.74) is 1.18. The van der Waals surface area contributed by atoms with E-state index in [1.807, 2.05) is 0 Å². The van der Waals surface area contributed by atoms with E-state index in [1.165, 1.54) is 44.2 Å². The van der Waals surface area contributed by atoms with Crippen LogP contribution in [0.3, 0.4) is 0 Å². The van der Waals surface area contributed by atoms with Crippen molar-refractivity contribution in [2.75, 3.05) is 19.8 Å². The summed E-state index contributed by atoms with van der Waals surface area (Å²) in [6, 6.07) is 2.81. The lowest BCUT2D eigenvalue weighted by Crippen LogP contribution is -2.18. The smallest absolute Gasteiger partial charge is 0.0762 e. The van der Waals surface area contributed by atoms with Crippen molar-refractivity contribution in [2.24, 2.45) is 5.92 Å². The van der Waals surface area contributed by atoms with Crippen LogP contribution in [0.5, 0.6) is 0 Å². The molecule has 4 nitrogen and oxygen atoms in total. The quantitative estimate of drug-likeness (QED) is 0.802. The van der Waals surface area contributed by atoms with Gasteiger partial charge in [-0.05, 0) is 44.2 Å². The second kappa shape index (κ2) is 6.53. The first-order valence-corrected chi connectivity index (χ1v) is 7.74. The number of rotatable bonds is 6. The Morgan fingerprint density at radius 3 is 3.00 bits per heavy atom. The van der Waals surface area contributed by atoms with Gasteiger partial charge in [0.2, 0.25) is 0 Å². The van der Waals surface area contributed by atoms with Crippen LogP contribution in [0.2, 0.25) is 0 Å². The van der Waals surface area contributed by atoms with E-state index in [4.69, 9.17) is 9.84 Å². The predicted octanol–water partition coefficient (Wildman–Crippen LogP) is 2.51. The Labute approximate surface area is 115 Å². The van der Waals surface area contributed by atoms with Gasteiger partial charge in [0.25, 0.3) is 0 Å². The van der Waals surface area contributed by atoms with Crippen LogP contribution in [0, 0.1) is 5.92 Å². The zero-order valence-corrected chi connectivity index (χ0v) is 11.7. The predicted molar refractivity (Wildman–Crippen MR) is 75.0 cm³/mol. The van der Waals surface area contributed by atoms with Crippen molar-refractivity contribution in [3.05, 3.63) is 18.0 Å². The lowest BCUT2D eigenvalue weighted by atomic mass is 10.1. The van der Waals surface area contributed by atoms with Crippen molar-refractivity contribution in [3.63, 3.8) is 0 Å². The fourth-order valence-corrected chi connectivity index (χ4v) is 3.18. The molecule has 4 heteroatoms. The number of nitrogens with one attached hydrogen (secondary N) is 1. The summed E-state index contributed by atoms with van der Waals surface area (Å²) in [7, 11) is 0. The molecule has 2 fully saturated rings. The van der Waals surface area contributed by atoms with Gasteiger partial charge in [0.05, 0.1) is 11.7 Å². The minimum absolute atomic E-state index is 0.657. The SMILES string of the molecule is c1cn(C2CCCC2)nc1CNCCC1CCOC1. The maximum Gasteiger partial charge on any atom is 0.0762 e. The van der Waals surface area contributed by atoms with Gasteiger partial charge in [-0.3, -0.25) is 4.68 Å². The summed E-state index contributed by atoms with van der Waals surface area (Å²) >= 11 is 0. The molecule has 0 bridgehead atoms. The lowest BCUT2D eigenvalue weighted by Gasteiger charge is -2.09. The standard InChI is InChI=1S/C15H25N3O/c1-2-4-15(3-1)18-9-6-14(17-18)11-16-8-5-13-7-10-19-12-13/h6,9,13,15-16H,1-5,7-8,10-12H2. The third-order valence-corrected chi connectivity index (χ3v) is 4.42. The minimum Gasteiger partial charge on any atom is -0.381 e. The van der Waals surface area contributed by atoms with Gasteiger partial charge in [0.1, 0.15) is 0 Å². The molecular formula is C15H25N3O. The number of hydrogen-bond acceptors (Lipinski definition) is 3. The van der Waals surface area contributed by atoms with E-state index in [-0.39, 0.29) is 0 Å². The van der Waals surface area contributed by atoms with Gasteiger partial charge in [-0.15, -0.1) is 0 Å². The molecule has 0 radical (unpaired) electrons. The molecule has 0 aromatic carbocycles. The third kappa shape index (κ3) is 3.57. The normalized spacial score (nSPS) is 24.3. The molecule has 3 rings (SSSR count). The molecule has 1 aliphatic heterocycles. The highest BCUT2D eigenvalue weighted by Gasteiger charge is 2.17. The topological polar surface area (TPSA) is 39.1 Å². The molecule has 1 atom stereocenters. The molecule has 19 heavy (non-hydrogen) atoms. The molecule has 1 aromatic rings. The second-order valence-corrected chi connectivity index (χ2v) is 5.92. The first kappa shape index (κ1) is 13.1. The van der Waals surface area contributed by atoms with Crippen molar-refractivity contribution < 1.29 is 4.74 Å². The molecule has 1 saturated carbocycles. The lowest BCUT2D eigenvalue weighted by molar-refractivity contribution is 0.184. The summed E-state index contributed by atoms with van der Waals surface area (Å²) in [6.45, 7) is 3.88. The molecule has 1 unspecified atom stereocenters. The van der Waals surface area contributed by atoms with Gasteiger partial charge in [-0.25, -0.2) is 0 Å². The Balaban J connectivity index is 1.37. The fourth-order valence-electron chi connectivity index (χ4n) is 3.18. The van der Waals surface area contributed by atoms with Gasteiger partial charge in [-0.1, -0.05) is 12.8 Å². The second-order valence-electron chi connectivity index (χ2n) is 5.92. The van der Waals surface area contributed by atoms with Crippen molar-refractivity contribution in [1.29, 1.82) is 0 Å². The van der Waals surface area contributed by atoms with Gasteiger partial charge < -0.3 is 10.1 Å². The summed E-state index contributed by atoms with van der Waals surface area (Å²) in [5, 5.41) is 8.19. The molecule has 2 heterocycles. The molecule has 0 amide bonds. The van der Waals surface area contributed by atoms with Crippen LogP contribution in [0.25, 0.3) is 0 Å². The number of hydrogen-bond donors (Lipinski definition) is 1. The molecule has 1 aromatic heterocycles. The Hall–Kier alpha value is -0.870. The van der Waals surface area contributed by atoms with E-state index in [0.29, 0.717) is 6.04 Å². The molecule has 0 spiro atoms. The van der Waals surface area contributed by atoms with E-state index >= 15 is 0 Å². The first-order valence-electron chi connectivity index (χ1n) is 7.74. The monoisotopic (exact) mass is 263 g/mol. The Bertz CT molecular complexity index is 378. The van der Waals surface area contributed by atoms with Crippen molar-refractivity contribution in [2.45, 2.75) is 51.1 Å². The number of aromatic nitrogens is 2. The zero-order valence-electron chi connectivity index (χ0n) is 11.7. The number of nitrogens with zero attached hydrogens (tertiary/aromatic N) is 2. The van der Waals surface area contributed by atoms with Gasteiger partial charge in [-0.2, -0.15) is 5.10 Å². The van der Waals surface area contributed by atoms with Crippen molar-refractivity contribution in [1.82, 2.24) is 15.1 Å². The molecule has 1 N–H and O–H groups in total. The van der Waals surface area contributed by atoms with Gasteiger partial charge >= 0.3 is 0 Å². The third-order valence-electron chi connectivity index (χ3n) is 4.42. The van der Waals surface area contributed by atoms with Crippen LogP contribution < -0.4 is 5.32 Å². The van der Waals surface area contributed by atoms with E-state index in [1.54, 1.807) is 0 Å². The number of ether oxygens (including phenoxy) is 1. The molecule has 1 aliphatic carbocycles. The van der Waals surface area contributed by atoms with E-state index < -0.39 is 0 Å². The highest BCUT2D eigenvalue weighted by atomic mass is 16.5. The van der Waals surface area contributed by atoms with Crippen molar-refractivity contribution in [3.8, 4) is 0 Å². The van der Waals surface area contributed by atoms with Crippen LogP contribution in [-0.4, -0.2) is 29.5 Å². The zero-order chi connectivity index (χ0) is 12.9. The van der Waals surface area contributed by atoms with Gasteiger partial charge in [0, 0.05) is 26.0 Å². The highest BCUT2D eigenvalue weighted by molar-refractivity contribution is 4.99. The maximum atomic E-state index is 5.39. The van der Waals surface area contributed by atoms with Crippen molar-refractivity contribution >= 4 is 0 Å². The summed E-state index contributed by atoms with van der Waals surface area (Å²) in [4.78, 5) is 0. The molecule has 1 saturated heterocycles. The largest absolute Gasteiger partial charge is 0.381 e. The fraction of sp³-hybridized carbons (Fsp3) is 0.800. The van der Waals surface area contributed by atoms with E-state index in [2.05, 4.69) is 22.3 Å². The maximum absolute atomic E-state index is 5.39. The summed E-state index contributed by atoms with van der Waals surface area (Å²) in [6.07, 6.45) is 9.94. The minimum atomic E-state index is 0.657. The Morgan fingerprint density at radius 1 is 1.32 bits per heavy atom. The Morgan fingerprint density at radius 2 is 2.21 bits per heavy atom. The molecular weight excluding hydrogens is 238 g/mol. The van der Waals surface area contributed by atoms with Crippen LogP contribution in [-0.2, 0) is 11.3 Å².